The molecule has 90 valence electrons. The molecule has 0 aliphatic carbocycles. The Balaban J connectivity index is 1.95. The van der Waals surface area contributed by atoms with Crippen LogP contribution in [0, 0.1) is 0 Å². The van der Waals surface area contributed by atoms with Crippen LogP contribution in [0.4, 0.5) is 0 Å². The Bertz CT molecular complexity index is 538. The number of hydrogen-bond donors (Lipinski definition) is 0. The monoisotopic (exact) mass is 240 g/mol. The minimum Gasteiger partial charge on any atom is -0.427 e. The van der Waals surface area contributed by atoms with Crippen molar-refractivity contribution < 1.29 is 14.3 Å². The zero-order valence-electron chi connectivity index (χ0n) is 9.65. The van der Waals surface area contributed by atoms with E-state index in [0.29, 0.717) is 6.47 Å². The third kappa shape index (κ3) is 1.69. The van der Waals surface area contributed by atoms with Gasteiger partial charge in [0.15, 0.2) is 6.10 Å². The summed E-state index contributed by atoms with van der Waals surface area (Å²) in [5.74, 6) is -0.954. The van der Waals surface area contributed by atoms with Crippen LogP contribution in [-0.2, 0) is 20.1 Å². The van der Waals surface area contributed by atoms with Crippen LogP contribution in [-0.4, -0.2) is 6.47 Å². The number of ether oxygens (including phenoxy) is 2. The molecule has 1 saturated heterocycles. The van der Waals surface area contributed by atoms with Crippen LogP contribution in [0.25, 0.3) is 0 Å². The van der Waals surface area contributed by atoms with E-state index in [1.54, 1.807) is 0 Å². The van der Waals surface area contributed by atoms with Crippen molar-refractivity contribution in [1.29, 1.82) is 0 Å². The van der Waals surface area contributed by atoms with Crippen molar-refractivity contribution in [2.45, 2.75) is 11.9 Å². The number of epoxide rings is 1. The molecule has 3 heteroatoms. The van der Waals surface area contributed by atoms with Gasteiger partial charge >= 0.3 is 0 Å². The molecular formula is C15H12O3. The fourth-order valence-corrected chi connectivity index (χ4v) is 2.18. The van der Waals surface area contributed by atoms with E-state index in [0.717, 1.165) is 11.1 Å². The molecule has 0 bridgehead atoms. The molecule has 2 atom stereocenters. The summed E-state index contributed by atoms with van der Waals surface area (Å²) in [6, 6.07) is 19.2. The molecule has 1 fully saturated rings. The number of hydrogen-bond acceptors (Lipinski definition) is 3. The summed E-state index contributed by atoms with van der Waals surface area (Å²) in [6.45, 7) is 0.440. The largest absolute Gasteiger partial charge is 0.427 e. The van der Waals surface area contributed by atoms with Gasteiger partial charge in [0.25, 0.3) is 12.3 Å². The number of benzene rings is 2. The van der Waals surface area contributed by atoms with E-state index in [1.165, 1.54) is 0 Å². The predicted molar refractivity (Wildman–Crippen MR) is 65.5 cm³/mol. The smallest absolute Gasteiger partial charge is 0.295 e. The lowest BCUT2D eigenvalue weighted by molar-refractivity contribution is -0.143. The van der Waals surface area contributed by atoms with Crippen molar-refractivity contribution >= 4 is 6.47 Å². The summed E-state index contributed by atoms with van der Waals surface area (Å²) in [4.78, 5) is 10.7. The van der Waals surface area contributed by atoms with E-state index in [9.17, 15) is 4.79 Å². The summed E-state index contributed by atoms with van der Waals surface area (Å²) < 4.78 is 10.9. The molecule has 0 amide bonds. The van der Waals surface area contributed by atoms with Crippen LogP contribution in [0.15, 0.2) is 60.7 Å². The van der Waals surface area contributed by atoms with Gasteiger partial charge in [-0.25, -0.2) is 0 Å². The molecule has 0 spiro atoms. The molecule has 2 aromatic rings. The Morgan fingerprint density at radius 2 is 1.61 bits per heavy atom. The van der Waals surface area contributed by atoms with Crippen LogP contribution < -0.4 is 0 Å². The second-order valence-corrected chi connectivity index (χ2v) is 4.16. The van der Waals surface area contributed by atoms with Gasteiger partial charge in [-0.3, -0.25) is 4.79 Å². The van der Waals surface area contributed by atoms with Gasteiger partial charge in [-0.2, -0.15) is 0 Å². The van der Waals surface area contributed by atoms with Gasteiger partial charge in [-0.15, -0.1) is 0 Å². The van der Waals surface area contributed by atoms with Gasteiger partial charge < -0.3 is 9.47 Å². The fraction of sp³-hybridized carbons (Fsp3) is 0.133. The first-order valence-corrected chi connectivity index (χ1v) is 5.76. The van der Waals surface area contributed by atoms with Gasteiger partial charge in [-0.1, -0.05) is 60.7 Å². The van der Waals surface area contributed by atoms with Crippen LogP contribution in [0.2, 0.25) is 0 Å². The first-order chi connectivity index (χ1) is 8.87. The Labute approximate surface area is 105 Å². The highest BCUT2D eigenvalue weighted by Crippen LogP contribution is 2.57. The lowest BCUT2D eigenvalue weighted by Gasteiger charge is -2.11. The Morgan fingerprint density at radius 3 is 2.22 bits per heavy atom. The van der Waals surface area contributed by atoms with Crippen molar-refractivity contribution in [3.8, 4) is 0 Å². The van der Waals surface area contributed by atoms with Gasteiger partial charge in [-0.05, 0) is 5.56 Å². The van der Waals surface area contributed by atoms with Crippen molar-refractivity contribution in [3.05, 3.63) is 71.8 Å². The molecule has 0 N–H and O–H groups in total. The topological polar surface area (TPSA) is 38.8 Å². The first kappa shape index (κ1) is 11.0. The minimum absolute atomic E-state index is 0.230. The van der Waals surface area contributed by atoms with Gasteiger partial charge in [0.2, 0.25) is 0 Å². The molecule has 2 aromatic carbocycles. The molecule has 3 rings (SSSR count). The van der Waals surface area contributed by atoms with Crippen LogP contribution >= 0.6 is 0 Å². The molecule has 1 aliphatic heterocycles. The van der Waals surface area contributed by atoms with Crippen molar-refractivity contribution in [3.63, 3.8) is 0 Å². The van der Waals surface area contributed by atoms with E-state index in [4.69, 9.17) is 9.47 Å². The summed E-state index contributed by atoms with van der Waals surface area (Å²) in [7, 11) is 0. The SMILES string of the molecule is O=CO[C@]1(c2ccccc2)O[C@@H]1c1ccccc1. The summed E-state index contributed by atoms with van der Waals surface area (Å²) in [5.41, 5.74) is 1.86. The maximum Gasteiger partial charge on any atom is 0.295 e. The van der Waals surface area contributed by atoms with E-state index < -0.39 is 5.79 Å². The van der Waals surface area contributed by atoms with E-state index in [2.05, 4.69) is 0 Å². The lowest BCUT2D eigenvalue weighted by Crippen LogP contribution is -2.14. The average molecular weight is 240 g/mol. The van der Waals surface area contributed by atoms with E-state index in [-0.39, 0.29) is 6.10 Å². The number of rotatable bonds is 4. The van der Waals surface area contributed by atoms with Crippen LogP contribution in [0.5, 0.6) is 0 Å². The van der Waals surface area contributed by atoms with E-state index >= 15 is 0 Å². The molecule has 1 aliphatic rings. The normalized spacial score (nSPS) is 25.4. The maximum absolute atomic E-state index is 10.7. The zero-order valence-corrected chi connectivity index (χ0v) is 9.65. The highest BCUT2D eigenvalue weighted by Gasteiger charge is 2.61. The van der Waals surface area contributed by atoms with Crippen LogP contribution in [0.1, 0.15) is 17.2 Å². The average Bonchev–Trinajstić information content (AvgIpc) is 3.17. The molecular weight excluding hydrogens is 228 g/mol. The second kappa shape index (κ2) is 4.27. The predicted octanol–water partition coefficient (Wildman–Crippen LogP) is 2.78. The number of carbonyl (C=O) groups excluding carboxylic acids is 1. The molecule has 0 radical (unpaired) electrons. The third-order valence-corrected chi connectivity index (χ3v) is 3.08. The van der Waals surface area contributed by atoms with Gasteiger partial charge in [0.1, 0.15) is 0 Å². The molecule has 1 heterocycles. The standard InChI is InChI=1S/C15H12O3/c16-11-17-15(13-9-5-2-6-10-13)14(18-15)12-7-3-1-4-8-12/h1-11,14H/t14-,15-/m1/s1. The van der Waals surface area contributed by atoms with Gasteiger partial charge in [0, 0.05) is 5.56 Å². The quantitative estimate of drug-likeness (QED) is 0.609. The maximum atomic E-state index is 10.7. The Hall–Kier alpha value is -2.13. The Kier molecular flexibility index (Phi) is 2.61. The highest BCUT2D eigenvalue weighted by molar-refractivity contribution is 5.43. The molecule has 0 aromatic heterocycles. The van der Waals surface area contributed by atoms with E-state index in [1.807, 2.05) is 60.7 Å². The summed E-state index contributed by atoms with van der Waals surface area (Å²) >= 11 is 0. The van der Waals surface area contributed by atoms with Gasteiger partial charge in [0.05, 0.1) is 0 Å². The second-order valence-electron chi connectivity index (χ2n) is 4.16. The number of carbonyl (C=O) groups is 1. The van der Waals surface area contributed by atoms with Crippen molar-refractivity contribution in [1.82, 2.24) is 0 Å². The molecule has 0 saturated carbocycles. The van der Waals surface area contributed by atoms with Crippen molar-refractivity contribution in [2.24, 2.45) is 0 Å². The third-order valence-electron chi connectivity index (χ3n) is 3.08. The zero-order chi connectivity index (χ0) is 12.4. The molecule has 3 nitrogen and oxygen atoms in total. The van der Waals surface area contributed by atoms with Crippen molar-refractivity contribution in [2.75, 3.05) is 0 Å². The fourth-order valence-electron chi connectivity index (χ4n) is 2.18. The Morgan fingerprint density at radius 1 is 1.00 bits per heavy atom. The van der Waals surface area contributed by atoms with Crippen LogP contribution in [0.3, 0.4) is 0 Å². The molecule has 0 unspecified atom stereocenters. The summed E-state index contributed by atoms with van der Waals surface area (Å²) in [5, 5.41) is 0. The minimum atomic E-state index is -0.954. The first-order valence-electron chi connectivity index (χ1n) is 5.76. The summed E-state index contributed by atoms with van der Waals surface area (Å²) in [6.07, 6.45) is -0.230. The highest BCUT2D eigenvalue weighted by atomic mass is 16.8. The lowest BCUT2D eigenvalue weighted by atomic mass is 10.0. The molecule has 18 heavy (non-hydrogen) atoms.